The number of rotatable bonds is 64. The molecule has 0 rings (SSSR count). The number of allylic oxidation sites excluding steroid dienone is 8. The van der Waals surface area contributed by atoms with Gasteiger partial charge in [-0.1, -0.05) is 289 Å². The van der Waals surface area contributed by atoms with Crippen LogP contribution in [0.15, 0.2) is 48.6 Å². The van der Waals surface area contributed by atoms with E-state index < -0.39 is 29.3 Å². The molecule has 0 heterocycles. The molecule has 0 aliphatic heterocycles. The molecule has 11 heteroatoms. The summed E-state index contributed by atoms with van der Waals surface area (Å²) in [7, 11) is 0. The van der Waals surface area contributed by atoms with Gasteiger partial charge in [-0.3, -0.25) is 19.2 Å². The van der Waals surface area contributed by atoms with E-state index >= 15 is 0 Å². The van der Waals surface area contributed by atoms with Crippen molar-refractivity contribution in [2.24, 2.45) is 5.41 Å². The van der Waals surface area contributed by atoms with Crippen molar-refractivity contribution in [2.75, 3.05) is 19.8 Å². The summed E-state index contributed by atoms with van der Waals surface area (Å²) in [5, 5.41) is 60.0. The van der Waals surface area contributed by atoms with Crippen LogP contribution < -0.4 is 0 Å². The third kappa shape index (κ3) is 98.5. The van der Waals surface area contributed by atoms with Gasteiger partial charge in [-0.05, 0) is 135 Å². The maximum atomic E-state index is 10.3. The van der Waals surface area contributed by atoms with E-state index in [4.69, 9.17) is 35.7 Å². The third-order valence-electron chi connectivity index (χ3n) is 16.4. The third-order valence-corrected chi connectivity index (χ3v) is 16.4. The number of aliphatic hydroxyl groups excluding tert-OH is 3. The van der Waals surface area contributed by atoms with E-state index in [1.54, 1.807) is 0 Å². The number of aliphatic carboxylic acids is 4. The smallest absolute Gasteiger partial charge is 0.303 e. The minimum atomic E-state index is -0.667. The minimum Gasteiger partial charge on any atom is -0.481 e. The summed E-state index contributed by atoms with van der Waals surface area (Å²) in [6.45, 7) is 10.4. The molecular weight excluding hydrogens is 1110 g/mol. The predicted octanol–water partition coefficient (Wildman–Crippen LogP) is 23.8. The van der Waals surface area contributed by atoms with E-state index in [1.807, 2.05) is 6.92 Å². The molecule has 0 radical (unpaired) electrons. The van der Waals surface area contributed by atoms with Crippen molar-refractivity contribution in [1.29, 1.82) is 0 Å². The van der Waals surface area contributed by atoms with Gasteiger partial charge in [0, 0.05) is 31.1 Å². The summed E-state index contributed by atoms with van der Waals surface area (Å²) in [6.07, 6.45) is 85.6. The van der Waals surface area contributed by atoms with Crippen molar-refractivity contribution in [2.45, 2.75) is 401 Å². The first kappa shape index (κ1) is 94.4. The van der Waals surface area contributed by atoms with Crippen molar-refractivity contribution in [1.82, 2.24) is 0 Å². The number of carbonyl (C=O) groups is 4. The Morgan fingerprint density at radius 2 is 0.360 bits per heavy atom. The van der Waals surface area contributed by atoms with E-state index in [0.717, 1.165) is 51.4 Å². The standard InChI is InChI=1S/4C18H34O2.C6H14O3/c4*1-2-3-4-5-6-7-8-9-10-11-12-13-14-15-16-17-18(19)20;1-2-6(3-7,4-8)5-9/h4*9-10H,2-8,11-17H2,1H3,(H,19,20);7-9H,2-5H2,1H3/b4*10-9-;. The Morgan fingerprint density at radius 3 is 0.472 bits per heavy atom. The molecule has 0 bridgehead atoms. The summed E-state index contributed by atoms with van der Waals surface area (Å²) in [4.78, 5) is 41.3. The van der Waals surface area contributed by atoms with Crippen molar-refractivity contribution >= 4 is 23.9 Å². The van der Waals surface area contributed by atoms with Gasteiger partial charge in [0.15, 0.2) is 0 Å². The van der Waals surface area contributed by atoms with E-state index in [2.05, 4.69) is 76.3 Å². The summed E-state index contributed by atoms with van der Waals surface area (Å²) in [6, 6.07) is 0. The molecule has 0 aromatic heterocycles. The van der Waals surface area contributed by atoms with E-state index in [1.165, 1.54) is 283 Å². The van der Waals surface area contributed by atoms with E-state index in [9.17, 15) is 19.2 Å². The van der Waals surface area contributed by atoms with E-state index in [0.29, 0.717) is 32.1 Å². The number of hydrogen-bond donors (Lipinski definition) is 7. The monoisotopic (exact) mass is 1260 g/mol. The van der Waals surface area contributed by atoms with Crippen LogP contribution in [-0.4, -0.2) is 79.4 Å². The van der Waals surface area contributed by atoms with E-state index in [-0.39, 0.29) is 19.8 Å². The Hall–Kier alpha value is -3.28. The molecule has 0 aliphatic rings. The first-order valence-electron chi connectivity index (χ1n) is 37.6. The second-order valence-electron chi connectivity index (χ2n) is 25.2. The zero-order valence-electron chi connectivity index (χ0n) is 59.3. The molecule has 0 atom stereocenters. The van der Waals surface area contributed by atoms with Gasteiger partial charge in [0.25, 0.3) is 0 Å². The summed E-state index contributed by atoms with van der Waals surface area (Å²) in [5.41, 5.74) is -0.667. The van der Waals surface area contributed by atoms with Gasteiger partial charge in [0.2, 0.25) is 0 Å². The van der Waals surface area contributed by atoms with Crippen LogP contribution in [0.4, 0.5) is 0 Å². The molecule has 0 aromatic rings. The average molecular weight is 1260 g/mol. The molecule has 7 N–H and O–H groups in total. The lowest BCUT2D eigenvalue weighted by atomic mass is 9.88. The van der Waals surface area contributed by atoms with Crippen LogP contribution in [0.2, 0.25) is 0 Å². The first-order valence-corrected chi connectivity index (χ1v) is 37.6. The van der Waals surface area contributed by atoms with Gasteiger partial charge in [0.05, 0.1) is 19.8 Å². The lowest BCUT2D eigenvalue weighted by Crippen LogP contribution is -2.32. The van der Waals surface area contributed by atoms with Crippen LogP contribution >= 0.6 is 0 Å². The molecule has 528 valence electrons. The maximum Gasteiger partial charge on any atom is 0.303 e. The average Bonchev–Trinajstić information content (AvgIpc) is 3.56. The zero-order valence-corrected chi connectivity index (χ0v) is 59.3. The maximum absolute atomic E-state index is 10.3. The Labute approximate surface area is 550 Å². The highest BCUT2D eigenvalue weighted by molar-refractivity contribution is 5.67. The highest BCUT2D eigenvalue weighted by atomic mass is 16.4. The highest BCUT2D eigenvalue weighted by Gasteiger charge is 2.25. The van der Waals surface area contributed by atoms with Crippen LogP contribution in [0.5, 0.6) is 0 Å². The summed E-state index contributed by atoms with van der Waals surface area (Å²) >= 11 is 0. The molecule has 11 nitrogen and oxygen atoms in total. The van der Waals surface area contributed by atoms with Crippen LogP contribution in [0.3, 0.4) is 0 Å². The van der Waals surface area contributed by atoms with Crippen molar-refractivity contribution < 1.29 is 54.9 Å². The Kier molecular flexibility index (Phi) is 92.1. The molecule has 0 aliphatic carbocycles. The van der Waals surface area contributed by atoms with Crippen LogP contribution in [0.1, 0.15) is 401 Å². The molecule has 0 saturated heterocycles. The summed E-state index contributed by atoms with van der Waals surface area (Å²) in [5.74, 6) is -2.66. The normalized spacial score (nSPS) is 11.3. The number of aliphatic hydroxyl groups is 3. The van der Waals surface area contributed by atoms with Gasteiger partial charge < -0.3 is 35.7 Å². The Balaban J connectivity index is -0.000000336. The SMILES string of the molecule is CCC(CO)(CO)CO.CCCCCCCC/C=C\CCCCCCCC(=O)O.CCCCCCCC/C=C\CCCCCCCC(=O)O.CCCCCCCC/C=C\CCCCCCCC(=O)O.CCCCCCCC/C=C\CCCCCCCC(=O)O. The van der Waals surface area contributed by atoms with Gasteiger partial charge in [0.1, 0.15) is 0 Å². The predicted molar refractivity (Wildman–Crippen MR) is 382 cm³/mol. The number of hydrogen-bond acceptors (Lipinski definition) is 7. The fraction of sp³-hybridized carbons (Fsp3) is 0.846. The molecule has 0 aromatic carbocycles. The molecule has 0 saturated carbocycles. The molecule has 0 fully saturated rings. The molecule has 89 heavy (non-hydrogen) atoms. The molecule has 0 unspecified atom stereocenters. The minimum absolute atomic E-state index is 0.156. The number of unbranched alkanes of at least 4 members (excludes halogenated alkanes) is 44. The first-order chi connectivity index (χ1) is 43.3. The lowest BCUT2D eigenvalue weighted by molar-refractivity contribution is -0.138. The second kappa shape index (κ2) is 86.8. The van der Waals surface area contributed by atoms with Crippen LogP contribution in [0.25, 0.3) is 0 Å². The molecular formula is C78H150O11. The fourth-order valence-corrected chi connectivity index (χ4v) is 9.87. The van der Waals surface area contributed by atoms with Crippen LogP contribution in [-0.2, 0) is 19.2 Å². The second-order valence-corrected chi connectivity index (χ2v) is 25.2. The lowest BCUT2D eigenvalue weighted by Gasteiger charge is -2.24. The largest absolute Gasteiger partial charge is 0.481 e. The topological polar surface area (TPSA) is 210 Å². The Morgan fingerprint density at radius 1 is 0.225 bits per heavy atom. The molecule has 0 spiro atoms. The van der Waals surface area contributed by atoms with Crippen molar-refractivity contribution in [3.05, 3.63) is 48.6 Å². The van der Waals surface area contributed by atoms with Gasteiger partial charge >= 0.3 is 23.9 Å². The highest BCUT2D eigenvalue weighted by Crippen LogP contribution is 2.19. The van der Waals surface area contributed by atoms with Gasteiger partial charge in [-0.2, -0.15) is 0 Å². The summed E-state index contributed by atoms with van der Waals surface area (Å²) < 4.78 is 0. The van der Waals surface area contributed by atoms with Gasteiger partial charge in [-0.25, -0.2) is 0 Å². The van der Waals surface area contributed by atoms with Crippen LogP contribution in [0, 0.1) is 5.41 Å². The number of carboxylic acid groups (broad SMARTS) is 4. The fourth-order valence-electron chi connectivity index (χ4n) is 9.87. The quantitative estimate of drug-likeness (QED) is 0.0225. The molecule has 0 amide bonds. The zero-order chi connectivity index (χ0) is 66.9. The number of carboxylic acids is 4. The van der Waals surface area contributed by atoms with Gasteiger partial charge in [-0.15, -0.1) is 0 Å². The van der Waals surface area contributed by atoms with Crippen molar-refractivity contribution in [3.8, 4) is 0 Å². The van der Waals surface area contributed by atoms with Crippen molar-refractivity contribution in [3.63, 3.8) is 0 Å². The Bertz CT molecular complexity index is 1280.